The van der Waals surface area contributed by atoms with Gasteiger partial charge in [-0.05, 0) is 24.3 Å². The van der Waals surface area contributed by atoms with Crippen LogP contribution in [0.5, 0.6) is 5.75 Å². The van der Waals surface area contributed by atoms with E-state index >= 15 is 0 Å². The third-order valence-electron chi connectivity index (χ3n) is 5.33. The van der Waals surface area contributed by atoms with E-state index in [9.17, 15) is 0 Å². The summed E-state index contributed by atoms with van der Waals surface area (Å²) in [6.07, 6.45) is 3.28. The van der Waals surface area contributed by atoms with E-state index in [4.69, 9.17) is 4.74 Å². The van der Waals surface area contributed by atoms with Crippen LogP contribution in [0.1, 0.15) is 0 Å². The van der Waals surface area contributed by atoms with Crippen LogP contribution in [0.2, 0.25) is 0 Å². The molecule has 0 atom stereocenters. The van der Waals surface area contributed by atoms with Crippen molar-refractivity contribution < 1.29 is 4.74 Å². The summed E-state index contributed by atoms with van der Waals surface area (Å²) < 4.78 is 5.51. The number of nitrogens with zero attached hydrogens (tertiary/aromatic N) is 6. The van der Waals surface area contributed by atoms with Gasteiger partial charge in [-0.25, -0.2) is 15.0 Å². The van der Waals surface area contributed by atoms with Gasteiger partial charge in [0, 0.05) is 44.3 Å². The molecule has 2 aromatic heterocycles. The summed E-state index contributed by atoms with van der Waals surface area (Å²) in [5.41, 5.74) is 6.55. The summed E-state index contributed by atoms with van der Waals surface area (Å²) in [5, 5.41) is 5.45. The molecule has 0 spiro atoms. The van der Waals surface area contributed by atoms with E-state index in [0.717, 1.165) is 43.3 Å². The molecule has 3 heterocycles. The molecule has 2 N–H and O–H groups in total. The predicted octanol–water partition coefficient (Wildman–Crippen LogP) is 3.32. The number of anilines is 4. The van der Waals surface area contributed by atoms with Crippen molar-refractivity contribution in [2.24, 2.45) is 0 Å². The summed E-state index contributed by atoms with van der Waals surface area (Å²) in [6.45, 7) is 3.33. The van der Waals surface area contributed by atoms with Crippen LogP contribution in [0.4, 0.5) is 23.1 Å². The molecule has 0 saturated carbocycles. The second-order valence-corrected chi connectivity index (χ2v) is 7.37. The van der Waals surface area contributed by atoms with Gasteiger partial charge in [-0.15, -0.1) is 0 Å². The third-order valence-corrected chi connectivity index (χ3v) is 5.33. The number of rotatable bonds is 6. The number of aromatic nitrogens is 4. The van der Waals surface area contributed by atoms with E-state index in [1.54, 1.807) is 19.5 Å². The molecule has 1 fully saturated rings. The van der Waals surface area contributed by atoms with E-state index in [0.29, 0.717) is 22.9 Å². The van der Waals surface area contributed by atoms with E-state index in [1.165, 1.54) is 0 Å². The third kappa shape index (κ3) is 4.23. The fourth-order valence-corrected chi connectivity index (χ4v) is 3.75. The van der Waals surface area contributed by atoms with Gasteiger partial charge in [0.05, 0.1) is 12.8 Å². The molecule has 0 unspecified atom stereocenters. The van der Waals surface area contributed by atoms with Gasteiger partial charge in [0.1, 0.15) is 5.75 Å². The van der Waals surface area contributed by atoms with Crippen molar-refractivity contribution in [3.8, 4) is 5.75 Å². The van der Waals surface area contributed by atoms with Crippen LogP contribution >= 0.6 is 0 Å². The minimum Gasteiger partial charge on any atom is -0.495 e. The van der Waals surface area contributed by atoms with Crippen LogP contribution in [0.25, 0.3) is 11.2 Å². The smallest absolute Gasteiger partial charge is 0.241 e. The number of piperazine rings is 1. The monoisotopic (exact) mass is 428 g/mol. The Morgan fingerprint density at radius 2 is 1.59 bits per heavy atom. The summed E-state index contributed by atoms with van der Waals surface area (Å²) >= 11 is 0. The SMILES string of the molecule is COc1ccccc1N1CCN(Nc2nc(Nc3ccccc3)c3nccnc3n2)CC1. The van der Waals surface area contributed by atoms with Crippen LogP contribution < -0.4 is 20.4 Å². The fraction of sp³-hybridized carbons (Fsp3) is 0.217. The lowest BCUT2D eigenvalue weighted by molar-refractivity contribution is 0.304. The Balaban J connectivity index is 1.32. The number of ether oxygens (including phenoxy) is 1. The second kappa shape index (κ2) is 9.03. The highest BCUT2D eigenvalue weighted by Gasteiger charge is 2.21. The maximum atomic E-state index is 5.51. The molecule has 5 rings (SSSR count). The van der Waals surface area contributed by atoms with Crippen molar-refractivity contribution in [1.82, 2.24) is 24.9 Å². The number of fused-ring (bicyclic) bond motifs is 1. The lowest BCUT2D eigenvalue weighted by atomic mass is 10.2. The van der Waals surface area contributed by atoms with Gasteiger partial charge in [0.2, 0.25) is 5.95 Å². The number of hydrogen-bond acceptors (Lipinski definition) is 9. The van der Waals surface area contributed by atoms with Gasteiger partial charge in [-0.1, -0.05) is 30.3 Å². The zero-order valence-electron chi connectivity index (χ0n) is 17.8. The normalized spacial score (nSPS) is 14.3. The number of hydrazine groups is 1. The molecule has 0 amide bonds. The van der Waals surface area contributed by atoms with Gasteiger partial charge < -0.3 is 15.0 Å². The molecule has 2 aromatic carbocycles. The average Bonchev–Trinajstić information content (AvgIpc) is 2.85. The van der Waals surface area contributed by atoms with E-state index < -0.39 is 0 Å². The Labute approximate surface area is 186 Å². The first-order valence-electron chi connectivity index (χ1n) is 10.5. The molecule has 4 aromatic rings. The van der Waals surface area contributed by atoms with Crippen molar-refractivity contribution >= 4 is 34.3 Å². The first-order valence-corrected chi connectivity index (χ1v) is 10.5. The first-order chi connectivity index (χ1) is 15.8. The molecule has 1 aliphatic heterocycles. The van der Waals surface area contributed by atoms with Gasteiger partial charge >= 0.3 is 0 Å². The summed E-state index contributed by atoms with van der Waals surface area (Å²) in [5.74, 6) is 1.99. The molecule has 0 bridgehead atoms. The van der Waals surface area contributed by atoms with Crippen LogP contribution in [0, 0.1) is 0 Å². The standard InChI is InChI=1S/C23H24N8O/c1-32-19-10-6-5-9-18(19)30-13-15-31(16-14-30)29-23-27-21-20(24-11-12-25-21)22(28-23)26-17-7-3-2-4-8-17/h2-12H,13-16H2,1H3,(H2,25,26,27,28,29). The minimum absolute atomic E-state index is 0.488. The lowest BCUT2D eigenvalue weighted by Crippen LogP contribution is -2.49. The molecular weight excluding hydrogens is 404 g/mol. The van der Waals surface area contributed by atoms with Gasteiger partial charge in [0.25, 0.3) is 0 Å². The molecule has 32 heavy (non-hydrogen) atoms. The molecule has 0 aliphatic carbocycles. The van der Waals surface area contributed by atoms with Crippen molar-refractivity contribution in [1.29, 1.82) is 0 Å². The Morgan fingerprint density at radius 3 is 2.41 bits per heavy atom. The Hall–Kier alpha value is -3.98. The van der Waals surface area contributed by atoms with Crippen LogP contribution in [0.15, 0.2) is 67.0 Å². The second-order valence-electron chi connectivity index (χ2n) is 7.37. The zero-order valence-corrected chi connectivity index (χ0v) is 17.8. The topological polar surface area (TPSA) is 91.3 Å². The number of nitrogens with one attached hydrogen (secondary N) is 2. The molecular formula is C23H24N8O. The molecule has 162 valence electrons. The number of hydrogen-bond donors (Lipinski definition) is 2. The fourth-order valence-electron chi connectivity index (χ4n) is 3.75. The highest BCUT2D eigenvalue weighted by atomic mass is 16.5. The predicted molar refractivity (Wildman–Crippen MR) is 125 cm³/mol. The summed E-state index contributed by atoms with van der Waals surface area (Å²) in [7, 11) is 1.71. The Bertz CT molecular complexity index is 1190. The molecule has 9 nitrogen and oxygen atoms in total. The van der Waals surface area contributed by atoms with Crippen LogP contribution in [0.3, 0.4) is 0 Å². The van der Waals surface area contributed by atoms with Crippen molar-refractivity contribution in [2.75, 3.05) is 48.9 Å². The molecule has 0 radical (unpaired) electrons. The largest absolute Gasteiger partial charge is 0.495 e. The summed E-state index contributed by atoms with van der Waals surface area (Å²) in [6, 6.07) is 18.0. The first kappa shape index (κ1) is 20.0. The van der Waals surface area contributed by atoms with E-state index in [2.05, 4.69) is 46.7 Å². The minimum atomic E-state index is 0.488. The Morgan fingerprint density at radius 1 is 0.844 bits per heavy atom. The quantitative estimate of drug-likeness (QED) is 0.480. The van der Waals surface area contributed by atoms with Crippen molar-refractivity contribution in [3.63, 3.8) is 0 Å². The summed E-state index contributed by atoms with van der Waals surface area (Å²) in [4.78, 5) is 20.4. The van der Waals surface area contributed by atoms with Crippen molar-refractivity contribution in [2.45, 2.75) is 0 Å². The number of para-hydroxylation sites is 3. The van der Waals surface area contributed by atoms with Crippen molar-refractivity contribution in [3.05, 3.63) is 67.0 Å². The highest BCUT2D eigenvalue weighted by Crippen LogP contribution is 2.28. The number of benzene rings is 2. The zero-order chi connectivity index (χ0) is 21.8. The maximum Gasteiger partial charge on any atom is 0.241 e. The average molecular weight is 429 g/mol. The molecule has 1 saturated heterocycles. The van der Waals surface area contributed by atoms with Gasteiger partial charge in [-0.2, -0.15) is 9.97 Å². The Kier molecular flexibility index (Phi) is 5.63. The highest BCUT2D eigenvalue weighted by molar-refractivity contribution is 5.85. The van der Waals surface area contributed by atoms with E-state index in [-0.39, 0.29) is 0 Å². The van der Waals surface area contributed by atoms with Gasteiger partial charge in [-0.3, -0.25) is 5.43 Å². The van der Waals surface area contributed by atoms with Crippen LogP contribution in [-0.4, -0.2) is 58.2 Å². The maximum absolute atomic E-state index is 5.51. The lowest BCUT2D eigenvalue weighted by Gasteiger charge is -2.36. The number of methoxy groups -OCH3 is 1. The molecule has 9 heteroatoms. The van der Waals surface area contributed by atoms with E-state index in [1.807, 2.05) is 48.5 Å². The van der Waals surface area contributed by atoms with Gasteiger partial charge in [0.15, 0.2) is 17.0 Å². The molecule has 1 aliphatic rings. The van der Waals surface area contributed by atoms with Crippen LogP contribution in [-0.2, 0) is 0 Å².